The van der Waals surface area contributed by atoms with Gasteiger partial charge in [0.05, 0.1) is 11.2 Å². The summed E-state index contributed by atoms with van der Waals surface area (Å²) >= 11 is 7.18. The molecule has 2 aromatic heterocycles. The zero-order valence-electron chi connectivity index (χ0n) is 17.2. The van der Waals surface area contributed by atoms with Gasteiger partial charge >= 0.3 is 5.69 Å². The first-order valence-corrected chi connectivity index (χ1v) is 10.9. The molecule has 0 fully saturated rings. The second kappa shape index (κ2) is 8.17. The number of nitrogens with zero attached hydrogens (tertiary/aromatic N) is 2. The number of hydrogen-bond acceptors (Lipinski definition) is 4. The maximum absolute atomic E-state index is 13.3. The van der Waals surface area contributed by atoms with Crippen LogP contribution in [-0.2, 0) is 11.3 Å². The van der Waals surface area contributed by atoms with Crippen molar-refractivity contribution in [2.45, 2.75) is 27.3 Å². The lowest BCUT2D eigenvalue weighted by atomic mass is 10.1. The van der Waals surface area contributed by atoms with Crippen molar-refractivity contribution in [1.29, 1.82) is 0 Å². The summed E-state index contributed by atoms with van der Waals surface area (Å²) in [5.74, 6) is -0.342. The highest BCUT2D eigenvalue weighted by Crippen LogP contribution is 2.22. The van der Waals surface area contributed by atoms with Gasteiger partial charge in [0.25, 0.3) is 5.56 Å². The van der Waals surface area contributed by atoms with Gasteiger partial charge in [-0.05, 0) is 67.6 Å². The van der Waals surface area contributed by atoms with Crippen molar-refractivity contribution in [1.82, 2.24) is 9.13 Å². The van der Waals surface area contributed by atoms with Gasteiger partial charge in [-0.1, -0.05) is 29.3 Å². The van der Waals surface area contributed by atoms with Crippen LogP contribution < -0.4 is 16.6 Å². The quantitative estimate of drug-likeness (QED) is 0.496. The lowest BCUT2D eigenvalue weighted by molar-refractivity contribution is -0.116. The van der Waals surface area contributed by atoms with E-state index in [-0.39, 0.29) is 12.5 Å². The number of aromatic nitrogens is 2. The maximum Gasteiger partial charge on any atom is 0.336 e. The van der Waals surface area contributed by atoms with Gasteiger partial charge in [0.2, 0.25) is 5.91 Å². The molecule has 1 N–H and O–H groups in total. The van der Waals surface area contributed by atoms with Crippen LogP contribution in [0.2, 0.25) is 5.02 Å². The van der Waals surface area contributed by atoms with Crippen LogP contribution in [0, 0.1) is 20.8 Å². The summed E-state index contributed by atoms with van der Waals surface area (Å²) in [4.78, 5) is 39.1. The molecule has 0 spiro atoms. The molecule has 0 radical (unpaired) electrons. The molecule has 158 valence electrons. The maximum atomic E-state index is 13.3. The van der Waals surface area contributed by atoms with Crippen LogP contribution in [0.4, 0.5) is 5.69 Å². The van der Waals surface area contributed by atoms with E-state index >= 15 is 0 Å². The number of benzene rings is 2. The summed E-state index contributed by atoms with van der Waals surface area (Å²) in [5, 5.41) is 5.15. The Morgan fingerprint density at radius 1 is 1.03 bits per heavy atom. The van der Waals surface area contributed by atoms with Gasteiger partial charge in [0.1, 0.15) is 11.2 Å². The molecule has 0 saturated carbocycles. The molecule has 0 saturated heterocycles. The highest BCUT2D eigenvalue weighted by atomic mass is 35.5. The number of rotatable bonds is 4. The van der Waals surface area contributed by atoms with Crippen molar-refractivity contribution in [2.24, 2.45) is 0 Å². The molecule has 31 heavy (non-hydrogen) atoms. The number of anilines is 1. The molecule has 4 aromatic rings. The Balaban J connectivity index is 1.79. The summed E-state index contributed by atoms with van der Waals surface area (Å²) in [7, 11) is 0. The fourth-order valence-corrected chi connectivity index (χ4v) is 4.71. The van der Waals surface area contributed by atoms with Gasteiger partial charge < -0.3 is 5.32 Å². The van der Waals surface area contributed by atoms with Crippen LogP contribution in [0.5, 0.6) is 0 Å². The van der Waals surface area contributed by atoms with Crippen LogP contribution in [0.25, 0.3) is 15.9 Å². The minimum atomic E-state index is -0.578. The second-order valence-corrected chi connectivity index (χ2v) is 8.80. The van der Waals surface area contributed by atoms with Gasteiger partial charge in [-0.25, -0.2) is 9.36 Å². The van der Waals surface area contributed by atoms with Crippen LogP contribution in [0.3, 0.4) is 0 Å². The normalized spacial score (nSPS) is 11.1. The van der Waals surface area contributed by atoms with E-state index in [1.165, 1.54) is 15.9 Å². The van der Waals surface area contributed by atoms with Crippen LogP contribution in [-0.4, -0.2) is 15.0 Å². The predicted octanol–water partition coefficient (Wildman–Crippen LogP) is 4.43. The standard InChI is InChI=1S/C23H20ClN3O3S/c1-13-10-14(2)20(15(3)11-13)25-19(28)12-26-18-8-9-31-21(18)22(29)27(23(26)30)17-6-4-16(24)5-7-17/h4-11H,12H2,1-3H3,(H,25,28). The van der Waals surface area contributed by atoms with E-state index < -0.39 is 11.2 Å². The van der Waals surface area contributed by atoms with E-state index in [2.05, 4.69) is 5.32 Å². The van der Waals surface area contributed by atoms with Crippen molar-refractivity contribution in [2.75, 3.05) is 5.32 Å². The summed E-state index contributed by atoms with van der Waals surface area (Å²) in [5.41, 5.74) is 3.59. The largest absolute Gasteiger partial charge is 0.336 e. The van der Waals surface area contributed by atoms with E-state index in [0.29, 0.717) is 20.9 Å². The lowest BCUT2D eigenvalue weighted by Gasteiger charge is -2.15. The first-order chi connectivity index (χ1) is 14.8. The van der Waals surface area contributed by atoms with E-state index in [4.69, 9.17) is 11.6 Å². The Hall–Kier alpha value is -3.16. The van der Waals surface area contributed by atoms with Gasteiger partial charge in [-0.15, -0.1) is 11.3 Å². The molecule has 0 aliphatic heterocycles. The molecule has 0 aliphatic carbocycles. The highest BCUT2D eigenvalue weighted by Gasteiger charge is 2.18. The molecule has 2 aromatic carbocycles. The molecule has 0 bridgehead atoms. The molecule has 2 heterocycles. The molecule has 1 amide bonds. The fourth-order valence-electron chi connectivity index (χ4n) is 3.76. The highest BCUT2D eigenvalue weighted by molar-refractivity contribution is 7.17. The molecule has 0 atom stereocenters. The molecular formula is C23H20ClN3O3S. The van der Waals surface area contributed by atoms with Gasteiger partial charge in [0, 0.05) is 10.7 Å². The van der Waals surface area contributed by atoms with Crippen LogP contribution in [0.15, 0.2) is 57.4 Å². The minimum Gasteiger partial charge on any atom is -0.324 e. The molecule has 4 rings (SSSR count). The van der Waals surface area contributed by atoms with Crippen LogP contribution in [0.1, 0.15) is 16.7 Å². The molecule has 0 unspecified atom stereocenters. The Morgan fingerprint density at radius 3 is 2.32 bits per heavy atom. The number of carbonyl (C=O) groups excluding carboxylic acids is 1. The minimum absolute atomic E-state index is 0.216. The smallest absolute Gasteiger partial charge is 0.324 e. The van der Waals surface area contributed by atoms with Crippen molar-refractivity contribution in [3.05, 3.63) is 90.4 Å². The SMILES string of the molecule is Cc1cc(C)c(NC(=O)Cn2c(=O)n(-c3ccc(Cl)cc3)c(=O)c3sccc32)c(C)c1. The topological polar surface area (TPSA) is 73.1 Å². The summed E-state index contributed by atoms with van der Waals surface area (Å²) in [6.45, 7) is 5.64. The van der Waals surface area contributed by atoms with Gasteiger partial charge in [-0.3, -0.25) is 14.2 Å². The number of fused-ring (bicyclic) bond motifs is 1. The Labute approximate surface area is 187 Å². The predicted molar refractivity (Wildman–Crippen MR) is 126 cm³/mol. The summed E-state index contributed by atoms with van der Waals surface area (Å²) in [6.07, 6.45) is 0. The number of amides is 1. The average molecular weight is 454 g/mol. The van der Waals surface area contributed by atoms with Crippen molar-refractivity contribution >= 4 is 44.7 Å². The monoisotopic (exact) mass is 453 g/mol. The van der Waals surface area contributed by atoms with Crippen LogP contribution >= 0.6 is 22.9 Å². The number of nitrogens with one attached hydrogen (secondary N) is 1. The fraction of sp³-hybridized carbons (Fsp3) is 0.174. The van der Waals surface area contributed by atoms with E-state index in [1.54, 1.807) is 35.7 Å². The van der Waals surface area contributed by atoms with E-state index in [9.17, 15) is 14.4 Å². The Morgan fingerprint density at radius 2 is 1.68 bits per heavy atom. The number of hydrogen-bond donors (Lipinski definition) is 1. The van der Waals surface area contributed by atoms with E-state index in [0.717, 1.165) is 26.9 Å². The van der Waals surface area contributed by atoms with Crippen molar-refractivity contribution in [3.63, 3.8) is 0 Å². The zero-order valence-corrected chi connectivity index (χ0v) is 18.8. The first-order valence-electron chi connectivity index (χ1n) is 9.63. The summed E-state index contributed by atoms with van der Waals surface area (Å²) < 4.78 is 2.81. The second-order valence-electron chi connectivity index (χ2n) is 7.44. The number of halogens is 1. The summed E-state index contributed by atoms with van der Waals surface area (Å²) in [6, 6.07) is 12.1. The third-order valence-corrected chi connectivity index (χ3v) is 6.23. The molecule has 0 aliphatic rings. The first kappa shape index (κ1) is 21.1. The third kappa shape index (κ3) is 3.94. The van der Waals surface area contributed by atoms with Gasteiger partial charge in [0.15, 0.2) is 0 Å². The van der Waals surface area contributed by atoms with Crippen molar-refractivity contribution in [3.8, 4) is 5.69 Å². The van der Waals surface area contributed by atoms with Gasteiger partial charge in [-0.2, -0.15) is 0 Å². The third-order valence-electron chi connectivity index (χ3n) is 5.08. The van der Waals surface area contributed by atoms with E-state index in [1.807, 2.05) is 32.9 Å². The Bertz CT molecular complexity index is 1410. The number of thiophene rings is 1. The number of aryl methyl sites for hydroxylation is 3. The van der Waals surface area contributed by atoms with Crippen molar-refractivity contribution < 1.29 is 4.79 Å². The molecular weight excluding hydrogens is 434 g/mol. The lowest BCUT2D eigenvalue weighted by Crippen LogP contribution is -2.40. The zero-order chi connectivity index (χ0) is 22.3. The molecule has 6 nitrogen and oxygen atoms in total. The molecule has 8 heteroatoms. The number of carbonyl (C=O) groups is 1. The average Bonchev–Trinajstić information content (AvgIpc) is 3.19. The Kier molecular flexibility index (Phi) is 5.56.